The van der Waals surface area contributed by atoms with Gasteiger partial charge in [-0.05, 0) is 39.0 Å². The Hall–Kier alpha value is -2.56. The van der Waals surface area contributed by atoms with E-state index >= 15 is 0 Å². The van der Waals surface area contributed by atoms with Crippen LogP contribution < -0.4 is 9.80 Å². The molecule has 0 aliphatic carbocycles. The van der Waals surface area contributed by atoms with Gasteiger partial charge >= 0.3 is 6.09 Å². The minimum Gasteiger partial charge on any atom is -0.443 e. The van der Waals surface area contributed by atoms with E-state index in [1.165, 1.54) is 6.07 Å². The van der Waals surface area contributed by atoms with Crippen LogP contribution >= 0.6 is 0 Å². The highest BCUT2D eigenvalue weighted by Crippen LogP contribution is 2.34. The fourth-order valence-electron chi connectivity index (χ4n) is 2.92. The van der Waals surface area contributed by atoms with Gasteiger partial charge in [-0.2, -0.15) is 0 Å². The quantitative estimate of drug-likeness (QED) is 0.800. The zero-order valence-corrected chi connectivity index (χ0v) is 14.8. The molecule has 3 rings (SSSR count). The predicted molar refractivity (Wildman–Crippen MR) is 97.5 cm³/mol. The van der Waals surface area contributed by atoms with Crippen molar-refractivity contribution in [1.29, 1.82) is 0 Å². The lowest BCUT2D eigenvalue weighted by atomic mass is 10.1. The maximum Gasteiger partial charge on any atom is 0.414 e. The fourth-order valence-corrected chi connectivity index (χ4v) is 2.92. The molecule has 0 saturated heterocycles. The molecule has 5 heteroatoms. The molecule has 0 spiro atoms. The van der Waals surface area contributed by atoms with Crippen molar-refractivity contribution in [1.82, 2.24) is 0 Å². The summed E-state index contributed by atoms with van der Waals surface area (Å²) in [6, 6.07) is 14.4. The van der Waals surface area contributed by atoms with Crippen LogP contribution in [0.2, 0.25) is 0 Å². The molecule has 132 valence electrons. The third kappa shape index (κ3) is 3.92. The van der Waals surface area contributed by atoms with E-state index in [2.05, 4.69) is 4.90 Å². The second kappa shape index (κ2) is 6.75. The molecule has 0 unspecified atom stereocenters. The number of carbonyl (C=O) groups is 1. The Balaban J connectivity index is 1.86. The maximum atomic E-state index is 14.0. The first kappa shape index (κ1) is 17.3. The standard InChI is InChI=1S/C20H23FN2O2/c1-20(2,3)25-19(24)23-13-12-22(17-10-6-7-11-18(17)23)14-15-8-4-5-9-16(15)21/h4-11H,12-14H2,1-3H3. The van der Waals surface area contributed by atoms with Crippen LogP contribution in [-0.4, -0.2) is 24.8 Å². The van der Waals surface area contributed by atoms with Gasteiger partial charge in [-0.15, -0.1) is 0 Å². The number of ether oxygens (including phenoxy) is 1. The molecule has 1 aliphatic rings. The van der Waals surface area contributed by atoms with Gasteiger partial charge in [0, 0.05) is 25.2 Å². The Labute approximate surface area is 147 Å². The molecule has 0 bridgehead atoms. The van der Waals surface area contributed by atoms with Crippen molar-refractivity contribution in [3.63, 3.8) is 0 Å². The fraction of sp³-hybridized carbons (Fsp3) is 0.350. The summed E-state index contributed by atoms with van der Waals surface area (Å²) in [5, 5.41) is 0. The van der Waals surface area contributed by atoms with Crippen LogP contribution in [0.1, 0.15) is 26.3 Å². The summed E-state index contributed by atoms with van der Waals surface area (Å²) in [5.74, 6) is -0.213. The van der Waals surface area contributed by atoms with E-state index in [1.807, 2.05) is 51.1 Å². The highest BCUT2D eigenvalue weighted by molar-refractivity contribution is 5.93. The Morgan fingerprint density at radius 2 is 1.68 bits per heavy atom. The first-order chi connectivity index (χ1) is 11.8. The molecule has 0 aromatic heterocycles. The minimum absolute atomic E-state index is 0.213. The molecular weight excluding hydrogens is 319 g/mol. The molecule has 1 aliphatic heterocycles. The Bertz CT molecular complexity index is 770. The third-order valence-corrected chi connectivity index (χ3v) is 4.04. The second-order valence-electron chi connectivity index (χ2n) is 7.13. The van der Waals surface area contributed by atoms with E-state index in [-0.39, 0.29) is 11.9 Å². The van der Waals surface area contributed by atoms with Crippen molar-refractivity contribution in [2.24, 2.45) is 0 Å². The molecule has 0 N–H and O–H groups in total. The molecule has 4 nitrogen and oxygen atoms in total. The molecular formula is C20H23FN2O2. The molecule has 25 heavy (non-hydrogen) atoms. The summed E-state index contributed by atoms with van der Waals surface area (Å²) >= 11 is 0. The van der Waals surface area contributed by atoms with Crippen LogP contribution in [0.5, 0.6) is 0 Å². The zero-order valence-electron chi connectivity index (χ0n) is 14.8. The van der Waals surface area contributed by atoms with E-state index in [1.54, 1.807) is 17.0 Å². The SMILES string of the molecule is CC(C)(C)OC(=O)N1CCN(Cc2ccccc2F)c2ccccc21. The predicted octanol–water partition coefficient (Wildman–Crippen LogP) is 4.59. The number of anilines is 2. The van der Waals surface area contributed by atoms with Gasteiger partial charge in [0.1, 0.15) is 11.4 Å². The second-order valence-corrected chi connectivity index (χ2v) is 7.13. The normalized spacial score (nSPS) is 14.2. The number of para-hydroxylation sites is 2. The van der Waals surface area contributed by atoms with Gasteiger partial charge in [-0.3, -0.25) is 4.90 Å². The molecule has 0 fully saturated rings. The summed E-state index contributed by atoms with van der Waals surface area (Å²) in [6.45, 7) is 7.14. The Morgan fingerprint density at radius 3 is 2.36 bits per heavy atom. The van der Waals surface area contributed by atoms with E-state index in [0.717, 1.165) is 11.4 Å². The van der Waals surface area contributed by atoms with Gasteiger partial charge in [-0.1, -0.05) is 30.3 Å². The number of carbonyl (C=O) groups excluding carboxylic acids is 1. The van der Waals surface area contributed by atoms with Crippen molar-refractivity contribution in [2.75, 3.05) is 22.9 Å². The Kier molecular flexibility index (Phi) is 4.66. The zero-order chi connectivity index (χ0) is 18.0. The summed E-state index contributed by atoms with van der Waals surface area (Å²) < 4.78 is 19.5. The third-order valence-electron chi connectivity index (χ3n) is 4.04. The molecule has 1 heterocycles. The molecule has 0 atom stereocenters. The number of hydrogen-bond acceptors (Lipinski definition) is 3. The van der Waals surface area contributed by atoms with Gasteiger partial charge in [-0.25, -0.2) is 9.18 Å². The molecule has 0 radical (unpaired) electrons. The lowest BCUT2D eigenvalue weighted by molar-refractivity contribution is 0.0580. The van der Waals surface area contributed by atoms with Crippen molar-refractivity contribution in [2.45, 2.75) is 32.9 Å². The summed E-state index contributed by atoms with van der Waals surface area (Å²) in [6.07, 6.45) is -0.356. The first-order valence-electron chi connectivity index (χ1n) is 8.43. The van der Waals surface area contributed by atoms with Crippen LogP contribution in [0.4, 0.5) is 20.6 Å². The molecule has 0 saturated carbocycles. The average molecular weight is 342 g/mol. The molecule has 2 aromatic carbocycles. The number of rotatable bonds is 2. The molecule has 2 aromatic rings. The van der Waals surface area contributed by atoms with Crippen molar-refractivity contribution in [3.8, 4) is 0 Å². The van der Waals surface area contributed by atoms with Gasteiger partial charge in [0.05, 0.1) is 11.4 Å². The maximum absolute atomic E-state index is 14.0. The average Bonchev–Trinajstić information content (AvgIpc) is 2.55. The van der Waals surface area contributed by atoms with Crippen LogP contribution in [0.15, 0.2) is 48.5 Å². The minimum atomic E-state index is -0.545. The van der Waals surface area contributed by atoms with Crippen LogP contribution in [0.3, 0.4) is 0 Å². The van der Waals surface area contributed by atoms with E-state index in [9.17, 15) is 9.18 Å². The highest BCUT2D eigenvalue weighted by atomic mass is 19.1. The van der Waals surface area contributed by atoms with E-state index in [0.29, 0.717) is 25.2 Å². The number of amides is 1. The van der Waals surface area contributed by atoms with Crippen LogP contribution in [0, 0.1) is 5.82 Å². The van der Waals surface area contributed by atoms with Gasteiger partial charge in [0.25, 0.3) is 0 Å². The number of fused-ring (bicyclic) bond motifs is 1. The van der Waals surface area contributed by atoms with E-state index < -0.39 is 5.60 Å². The monoisotopic (exact) mass is 342 g/mol. The van der Waals surface area contributed by atoms with Crippen LogP contribution in [-0.2, 0) is 11.3 Å². The number of halogens is 1. The van der Waals surface area contributed by atoms with Gasteiger partial charge in [0.2, 0.25) is 0 Å². The van der Waals surface area contributed by atoms with Gasteiger partial charge in [0.15, 0.2) is 0 Å². The first-order valence-corrected chi connectivity index (χ1v) is 8.43. The van der Waals surface area contributed by atoms with Gasteiger partial charge < -0.3 is 9.64 Å². The highest BCUT2D eigenvalue weighted by Gasteiger charge is 2.30. The summed E-state index contributed by atoms with van der Waals surface area (Å²) in [4.78, 5) is 16.3. The smallest absolute Gasteiger partial charge is 0.414 e. The largest absolute Gasteiger partial charge is 0.443 e. The number of nitrogens with zero attached hydrogens (tertiary/aromatic N) is 2. The number of hydrogen-bond donors (Lipinski definition) is 0. The van der Waals surface area contributed by atoms with Crippen molar-refractivity contribution in [3.05, 3.63) is 59.9 Å². The summed E-state index contributed by atoms with van der Waals surface area (Å²) in [7, 11) is 0. The van der Waals surface area contributed by atoms with Crippen molar-refractivity contribution >= 4 is 17.5 Å². The lowest BCUT2D eigenvalue weighted by Crippen LogP contribution is -2.45. The Morgan fingerprint density at radius 1 is 1.04 bits per heavy atom. The number of benzene rings is 2. The molecule has 1 amide bonds. The van der Waals surface area contributed by atoms with Crippen molar-refractivity contribution < 1.29 is 13.9 Å². The lowest BCUT2D eigenvalue weighted by Gasteiger charge is -2.38. The topological polar surface area (TPSA) is 32.8 Å². The summed E-state index contributed by atoms with van der Waals surface area (Å²) in [5.41, 5.74) is 1.79. The van der Waals surface area contributed by atoms with E-state index in [4.69, 9.17) is 4.74 Å². The van der Waals surface area contributed by atoms with Crippen LogP contribution in [0.25, 0.3) is 0 Å².